The first kappa shape index (κ1) is 19.0. The third-order valence-electron chi connectivity index (χ3n) is 4.06. The van der Waals surface area contributed by atoms with E-state index in [1.807, 2.05) is 23.0 Å². The third kappa shape index (κ3) is 5.61. The maximum Gasteiger partial charge on any atom is 0.225 e. The molecule has 1 fully saturated rings. The summed E-state index contributed by atoms with van der Waals surface area (Å²) in [4.78, 5) is 12.0. The van der Waals surface area contributed by atoms with Crippen molar-refractivity contribution in [3.05, 3.63) is 46.7 Å². The van der Waals surface area contributed by atoms with E-state index in [4.69, 9.17) is 0 Å². The molecule has 2 N–H and O–H groups in total. The number of amides is 1. The van der Waals surface area contributed by atoms with E-state index in [9.17, 15) is 4.79 Å². The van der Waals surface area contributed by atoms with Gasteiger partial charge in [0.1, 0.15) is 0 Å². The lowest BCUT2D eigenvalue weighted by molar-refractivity contribution is -0.116. The van der Waals surface area contributed by atoms with E-state index in [1.54, 1.807) is 6.20 Å². The first-order valence-electron chi connectivity index (χ1n) is 7.99. The number of nitrogens with zero attached hydrogens (tertiary/aromatic N) is 2. The van der Waals surface area contributed by atoms with Gasteiger partial charge in [-0.1, -0.05) is 12.1 Å². The van der Waals surface area contributed by atoms with Gasteiger partial charge in [0.15, 0.2) is 0 Å². The maximum absolute atomic E-state index is 12.0. The van der Waals surface area contributed by atoms with Crippen LogP contribution in [0, 0.1) is 0 Å². The summed E-state index contributed by atoms with van der Waals surface area (Å²) in [7, 11) is 0. The molecule has 7 heteroatoms. The molecule has 0 aliphatic carbocycles. The van der Waals surface area contributed by atoms with Gasteiger partial charge >= 0.3 is 0 Å². The van der Waals surface area contributed by atoms with Gasteiger partial charge < -0.3 is 10.6 Å². The predicted molar refractivity (Wildman–Crippen MR) is 102 cm³/mol. The van der Waals surface area contributed by atoms with Gasteiger partial charge in [0, 0.05) is 30.9 Å². The van der Waals surface area contributed by atoms with Gasteiger partial charge in [-0.05, 0) is 59.4 Å². The maximum atomic E-state index is 12.0. The number of aryl methyl sites for hydroxylation is 2. The molecule has 3 rings (SSSR count). The van der Waals surface area contributed by atoms with E-state index in [0.717, 1.165) is 36.1 Å². The first-order valence-corrected chi connectivity index (χ1v) is 8.78. The number of benzene rings is 1. The molecule has 1 unspecified atom stereocenters. The van der Waals surface area contributed by atoms with Gasteiger partial charge in [0.25, 0.3) is 0 Å². The molecule has 2 aromatic rings. The summed E-state index contributed by atoms with van der Waals surface area (Å²) in [6.07, 6.45) is 7.48. The van der Waals surface area contributed by atoms with Crippen molar-refractivity contribution in [2.75, 3.05) is 11.9 Å². The van der Waals surface area contributed by atoms with E-state index < -0.39 is 0 Å². The molecule has 130 valence electrons. The number of hydrogen-bond acceptors (Lipinski definition) is 3. The number of rotatable bonds is 6. The fourth-order valence-electron chi connectivity index (χ4n) is 2.83. The monoisotopic (exact) mass is 412 g/mol. The molecule has 0 bridgehead atoms. The molecule has 1 atom stereocenters. The summed E-state index contributed by atoms with van der Waals surface area (Å²) in [6, 6.07) is 8.38. The van der Waals surface area contributed by atoms with Crippen LogP contribution in [0.4, 0.5) is 5.69 Å². The third-order valence-corrected chi connectivity index (χ3v) is 4.47. The zero-order valence-electron chi connectivity index (χ0n) is 13.4. The van der Waals surface area contributed by atoms with Crippen molar-refractivity contribution in [2.45, 2.75) is 38.3 Å². The summed E-state index contributed by atoms with van der Waals surface area (Å²) in [6.45, 7) is 1.87. The van der Waals surface area contributed by atoms with Crippen molar-refractivity contribution in [2.24, 2.45) is 0 Å². The Kier molecular flexibility index (Phi) is 7.27. The predicted octanol–water partition coefficient (Wildman–Crippen LogP) is 3.39. The number of carbonyl (C=O) groups excluding carboxylic acids is 1. The highest BCUT2D eigenvalue weighted by Gasteiger charge is 2.17. The largest absolute Gasteiger partial charge is 0.326 e. The van der Waals surface area contributed by atoms with Crippen LogP contribution in [0.1, 0.15) is 24.8 Å². The topological polar surface area (TPSA) is 59.0 Å². The average Bonchev–Trinajstić information content (AvgIpc) is 3.18. The van der Waals surface area contributed by atoms with Gasteiger partial charge in [-0.15, -0.1) is 12.4 Å². The van der Waals surface area contributed by atoms with Gasteiger partial charge in [-0.3, -0.25) is 9.48 Å². The Balaban J connectivity index is 0.00000208. The fraction of sp³-hybridized carbons (Fsp3) is 0.412. The Morgan fingerprint density at radius 3 is 2.79 bits per heavy atom. The number of nitrogens with one attached hydrogen (secondary N) is 2. The molecule has 0 saturated carbocycles. The molecule has 1 aromatic carbocycles. The highest BCUT2D eigenvalue weighted by molar-refractivity contribution is 9.10. The molecule has 0 radical (unpaired) electrons. The molecular weight excluding hydrogens is 392 g/mol. The Morgan fingerprint density at radius 1 is 1.38 bits per heavy atom. The average molecular weight is 414 g/mol. The number of aromatic nitrogens is 2. The van der Waals surface area contributed by atoms with E-state index in [1.165, 1.54) is 12.0 Å². The molecular formula is C17H22BrClN4O. The van der Waals surface area contributed by atoms with Crippen LogP contribution in [0.3, 0.4) is 0 Å². The second kappa shape index (κ2) is 9.20. The smallest absolute Gasteiger partial charge is 0.225 e. The van der Waals surface area contributed by atoms with Crippen molar-refractivity contribution in [3.63, 3.8) is 0 Å². The van der Waals surface area contributed by atoms with Gasteiger partial charge in [-0.25, -0.2) is 0 Å². The van der Waals surface area contributed by atoms with Crippen molar-refractivity contribution in [3.8, 4) is 0 Å². The van der Waals surface area contributed by atoms with Crippen molar-refractivity contribution in [1.29, 1.82) is 0 Å². The molecule has 1 aliphatic heterocycles. The number of anilines is 1. The van der Waals surface area contributed by atoms with Crippen molar-refractivity contribution >= 4 is 39.9 Å². The molecule has 1 aliphatic rings. The van der Waals surface area contributed by atoms with Crippen LogP contribution in [0.5, 0.6) is 0 Å². The molecule has 24 heavy (non-hydrogen) atoms. The molecule has 1 aromatic heterocycles. The van der Waals surface area contributed by atoms with E-state index in [2.05, 4.69) is 43.8 Å². The SMILES string of the molecule is Cl.O=C(CC1CCCN1)Nc1ccc(CCn2cc(Br)cn2)cc1. The lowest BCUT2D eigenvalue weighted by Crippen LogP contribution is -2.27. The van der Waals surface area contributed by atoms with E-state index in [-0.39, 0.29) is 18.3 Å². The normalized spacial score (nSPS) is 16.6. The highest BCUT2D eigenvalue weighted by atomic mass is 79.9. The second-order valence-corrected chi connectivity index (χ2v) is 6.83. The Labute approximate surface area is 156 Å². The van der Waals surface area contributed by atoms with Gasteiger partial charge in [0.2, 0.25) is 5.91 Å². The second-order valence-electron chi connectivity index (χ2n) is 5.91. The Bertz CT molecular complexity index is 653. The minimum atomic E-state index is 0. The summed E-state index contributed by atoms with van der Waals surface area (Å²) in [5.41, 5.74) is 2.09. The quantitative estimate of drug-likeness (QED) is 0.763. The van der Waals surface area contributed by atoms with Crippen molar-refractivity contribution in [1.82, 2.24) is 15.1 Å². The minimum Gasteiger partial charge on any atom is -0.326 e. The highest BCUT2D eigenvalue weighted by Crippen LogP contribution is 2.14. The fourth-order valence-corrected chi connectivity index (χ4v) is 3.15. The number of carbonyl (C=O) groups is 1. The van der Waals surface area contributed by atoms with Gasteiger partial charge in [0.05, 0.1) is 10.7 Å². The zero-order chi connectivity index (χ0) is 16.1. The summed E-state index contributed by atoms with van der Waals surface area (Å²) in [5, 5.41) is 10.6. The lowest BCUT2D eigenvalue weighted by Gasteiger charge is -2.11. The van der Waals surface area contributed by atoms with Crippen molar-refractivity contribution < 1.29 is 4.79 Å². The van der Waals surface area contributed by atoms with Crippen LogP contribution < -0.4 is 10.6 Å². The summed E-state index contributed by atoms with van der Waals surface area (Å²) < 4.78 is 2.90. The minimum absolute atomic E-state index is 0. The van der Waals surface area contributed by atoms with Crippen LogP contribution in [-0.4, -0.2) is 28.3 Å². The zero-order valence-corrected chi connectivity index (χ0v) is 15.8. The summed E-state index contributed by atoms with van der Waals surface area (Å²) in [5.74, 6) is 0.0820. The van der Waals surface area contributed by atoms with Crippen LogP contribution in [0.25, 0.3) is 0 Å². The molecule has 1 amide bonds. The summed E-state index contributed by atoms with van der Waals surface area (Å²) >= 11 is 3.39. The number of halogens is 2. The van der Waals surface area contributed by atoms with Crippen LogP contribution in [-0.2, 0) is 17.8 Å². The molecule has 5 nitrogen and oxygen atoms in total. The molecule has 2 heterocycles. The van der Waals surface area contributed by atoms with Crippen LogP contribution in [0.2, 0.25) is 0 Å². The molecule has 1 saturated heterocycles. The van der Waals surface area contributed by atoms with E-state index in [0.29, 0.717) is 12.5 Å². The van der Waals surface area contributed by atoms with Crippen LogP contribution in [0.15, 0.2) is 41.1 Å². The van der Waals surface area contributed by atoms with Crippen LogP contribution >= 0.6 is 28.3 Å². The first-order chi connectivity index (χ1) is 11.2. The lowest BCUT2D eigenvalue weighted by atomic mass is 10.1. The number of hydrogen-bond donors (Lipinski definition) is 2. The standard InChI is InChI=1S/C17H21BrN4O.ClH/c18-14-11-20-22(12-14)9-7-13-3-5-15(6-4-13)21-17(23)10-16-2-1-8-19-16;/h3-6,11-12,16,19H,1-2,7-10H2,(H,21,23);1H. The van der Waals surface area contributed by atoms with E-state index >= 15 is 0 Å². The Hall–Kier alpha value is -1.37. The Morgan fingerprint density at radius 2 is 2.17 bits per heavy atom. The molecule has 0 spiro atoms. The van der Waals surface area contributed by atoms with Gasteiger partial charge in [-0.2, -0.15) is 5.10 Å².